The van der Waals surface area contributed by atoms with Gasteiger partial charge in [-0.15, -0.1) is 0 Å². The summed E-state index contributed by atoms with van der Waals surface area (Å²) in [4.78, 5) is 16.6. The summed E-state index contributed by atoms with van der Waals surface area (Å²) in [6, 6.07) is 12.6. The molecule has 0 radical (unpaired) electrons. The fraction of sp³-hybridized carbons (Fsp3) is 0.182. The molecule has 0 spiro atoms. The van der Waals surface area contributed by atoms with Gasteiger partial charge in [0.05, 0.1) is 10.6 Å². The second-order valence-corrected chi connectivity index (χ2v) is 9.05. The average molecular weight is 473 g/mol. The fourth-order valence-corrected chi connectivity index (χ4v) is 4.13. The van der Waals surface area contributed by atoms with Gasteiger partial charge < -0.3 is 4.74 Å². The van der Waals surface area contributed by atoms with Crippen LogP contribution in [-0.2, 0) is 11.4 Å². The van der Waals surface area contributed by atoms with Gasteiger partial charge in [-0.3, -0.25) is 10.2 Å². The van der Waals surface area contributed by atoms with Gasteiger partial charge >= 0.3 is 0 Å². The third kappa shape index (κ3) is 4.69. The molecule has 0 saturated carbocycles. The molecule has 1 N–H and O–H groups in total. The van der Waals surface area contributed by atoms with E-state index in [0.717, 1.165) is 10.6 Å². The van der Waals surface area contributed by atoms with E-state index in [1.807, 2.05) is 26.0 Å². The number of nitrogens with zero attached hydrogens (tertiary/aromatic N) is 3. The van der Waals surface area contributed by atoms with Crippen molar-refractivity contribution in [2.24, 2.45) is 16.0 Å². The molecule has 4 rings (SSSR count). The van der Waals surface area contributed by atoms with Crippen LogP contribution in [0.5, 0.6) is 5.75 Å². The highest BCUT2D eigenvalue weighted by molar-refractivity contribution is 8.27. The van der Waals surface area contributed by atoms with Crippen LogP contribution in [0.4, 0.5) is 0 Å². The van der Waals surface area contributed by atoms with Crippen LogP contribution in [0.3, 0.4) is 0 Å². The number of benzene rings is 2. The molecular formula is C22H18Cl2N4O2S. The molecule has 2 heterocycles. The van der Waals surface area contributed by atoms with Crippen molar-refractivity contribution in [2.45, 2.75) is 20.5 Å². The van der Waals surface area contributed by atoms with Gasteiger partial charge in [-0.1, -0.05) is 55.2 Å². The first-order valence-electron chi connectivity index (χ1n) is 9.48. The molecule has 0 bridgehead atoms. The number of hydrogen-bond donors (Lipinski definition) is 1. The summed E-state index contributed by atoms with van der Waals surface area (Å²) >= 11 is 13.6. The number of amidine groups is 2. The Labute approximate surface area is 194 Å². The first-order valence-corrected chi connectivity index (χ1v) is 11.1. The Hall–Kier alpha value is -2.61. The minimum absolute atomic E-state index is 0.00247. The molecule has 2 aromatic rings. The molecule has 2 aliphatic rings. The van der Waals surface area contributed by atoms with Crippen molar-refractivity contribution >= 4 is 63.0 Å². The lowest BCUT2D eigenvalue weighted by Gasteiger charge is -2.20. The third-order valence-corrected chi connectivity index (χ3v) is 6.29. The summed E-state index contributed by atoms with van der Waals surface area (Å²) in [5.74, 6) is 0.236. The van der Waals surface area contributed by atoms with Crippen LogP contribution >= 0.6 is 35.0 Å². The van der Waals surface area contributed by atoms with Crippen molar-refractivity contribution in [2.75, 3.05) is 0 Å². The van der Waals surface area contributed by atoms with Gasteiger partial charge in [-0.2, -0.15) is 15.1 Å². The Balaban J connectivity index is 1.52. The topological polar surface area (TPSA) is 78.1 Å². The van der Waals surface area contributed by atoms with Crippen molar-refractivity contribution in [3.05, 3.63) is 69.2 Å². The molecule has 2 aromatic carbocycles. The number of hydrogen-bond acceptors (Lipinski definition) is 5. The molecule has 1 amide bonds. The van der Waals surface area contributed by atoms with Crippen molar-refractivity contribution in [1.82, 2.24) is 5.01 Å². The summed E-state index contributed by atoms with van der Waals surface area (Å²) in [5, 5.41) is 16.5. The number of fused-ring (bicyclic) bond motifs is 1. The lowest BCUT2D eigenvalue weighted by Crippen LogP contribution is -2.35. The minimum atomic E-state index is -0.469. The number of thioether (sulfide) groups is 1. The van der Waals surface area contributed by atoms with Gasteiger partial charge in [0, 0.05) is 10.9 Å². The number of amides is 1. The first-order chi connectivity index (χ1) is 14.8. The van der Waals surface area contributed by atoms with E-state index in [1.54, 1.807) is 36.4 Å². The molecule has 0 fully saturated rings. The summed E-state index contributed by atoms with van der Waals surface area (Å²) in [7, 11) is 0. The Morgan fingerprint density at radius 3 is 2.61 bits per heavy atom. The maximum Gasteiger partial charge on any atom is 0.283 e. The first kappa shape index (κ1) is 21.6. The van der Waals surface area contributed by atoms with E-state index in [0.29, 0.717) is 33.1 Å². The standard InChI is InChI=1S/C22H18Cl2N4O2S/c1-12(2)21-27-28-19(25)16(20(29)26-22(28)31-21)9-14-5-8-18(17(24)10-14)30-11-13-3-6-15(23)7-4-13/h3-10,12,25H,11H2,1-2H3/b16-9-,25-19?. The molecule has 31 heavy (non-hydrogen) atoms. The van der Waals surface area contributed by atoms with Crippen LogP contribution < -0.4 is 4.74 Å². The van der Waals surface area contributed by atoms with Gasteiger partial charge in [0.25, 0.3) is 5.91 Å². The quantitative estimate of drug-likeness (QED) is 0.553. The molecule has 158 valence electrons. The lowest BCUT2D eigenvalue weighted by atomic mass is 10.1. The monoisotopic (exact) mass is 472 g/mol. The van der Waals surface area contributed by atoms with Crippen LogP contribution in [0.15, 0.2) is 58.1 Å². The van der Waals surface area contributed by atoms with Crippen LogP contribution in [0.2, 0.25) is 10.0 Å². The molecule has 2 aliphatic heterocycles. The Morgan fingerprint density at radius 2 is 1.94 bits per heavy atom. The predicted molar refractivity (Wildman–Crippen MR) is 127 cm³/mol. The van der Waals surface area contributed by atoms with Gasteiger partial charge in [-0.05, 0) is 53.2 Å². The van der Waals surface area contributed by atoms with Crippen LogP contribution in [0.1, 0.15) is 25.0 Å². The predicted octanol–water partition coefficient (Wildman–Crippen LogP) is 5.85. The van der Waals surface area contributed by atoms with Gasteiger partial charge in [-0.25, -0.2) is 0 Å². The van der Waals surface area contributed by atoms with Gasteiger partial charge in [0.15, 0.2) is 5.84 Å². The summed E-state index contributed by atoms with van der Waals surface area (Å²) in [5.41, 5.74) is 1.78. The van der Waals surface area contributed by atoms with Crippen molar-refractivity contribution < 1.29 is 9.53 Å². The molecular weight excluding hydrogens is 455 g/mol. The fourth-order valence-electron chi connectivity index (χ4n) is 2.87. The summed E-state index contributed by atoms with van der Waals surface area (Å²) in [6.45, 7) is 4.36. The van der Waals surface area contributed by atoms with Crippen molar-refractivity contribution in [3.8, 4) is 5.75 Å². The Morgan fingerprint density at radius 1 is 1.19 bits per heavy atom. The molecule has 0 aromatic heterocycles. The number of aliphatic imine (C=N–C) groups is 1. The molecule has 0 unspecified atom stereocenters. The van der Waals surface area contributed by atoms with Crippen molar-refractivity contribution in [1.29, 1.82) is 5.41 Å². The second-order valence-electron chi connectivity index (χ2n) is 7.22. The Bertz CT molecular complexity index is 1160. The normalized spacial score (nSPS) is 17.2. The zero-order valence-corrected chi connectivity index (χ0v) is 19.1. The van der Waals surface area contributed by atoms with Crippen LogP contribution in [0.25, 0.3) is 6.08 Å². The lowest BCUT2D eigenvalue weighted by molar-refractivity contribution is -0.114. The highest BCUT2D eigenvalue weighted by Crippen LogP contribution is 2.32. The van der Waals surface area contributed by atoms with Gasteiger partial charge in [0.1, 0.15) is 17.4 Å². The molecule has 0 saturated heterocycles. The van der Waals surface area contributed by atoms with Crippen molar-refractivity contribution in [3.63, 3.8) is 0 Å². The Kier molecular flexibility index (Phi) is 6.18. The summed E-state index contributed by atoms with van der Waals surface area (Å²) < 4.78 is 5.79. The number of rotatable bonds is 5. The molecule has 0 aliphatic carbocycles. The number of nitrogens with one attached hydrogen (secondary N) is 1. The van der Waals surface area contributed by atoms with E-state index < -0.39 is 5.91 Å². The highest BCUT2D eigenvalue weighted by Gasteiger charge is 2.36. The summed E-state index contributed by atoms with van der Waals surface area (Å²) in [6.07, 6.45) is 1.59. The number of carbonyl (C=O) groups is 1. The molecule has 6 nitrogen and oxygen atoms in total. The van der Waals surface area contributed by atoms with E-state index in [2.05, 4.69) is 10.1 Å². The molecule has 0 atom stereocenters. The number of hydrazone groups is 1. The zero-order valence-electron chi connectivity index (χ0n) is 16.7. The number of ether oxygens (including phenoxy) is 1. The minimum Gasteiger partial charge on any atom is -0.487 e. The zero-order chi connectivity index (χ0) is 22.1. The average Bonchev–Trinajstić information content (AvgIpc) is 3.16. The number of carbonyl (C=O) groups excluding carboxylic acids is 1. The highest BCUT2D eigenvalue weighted by atomic mass is 35.5. The smallest absolute Gasteiger partial charge is 0.283 e. The number of halogens is 2. The van der Waals surface area contributed by atoms with E-state index in [-0.39, 0.29) is 17.3 Å². The van der Waals surface area contributed by atoms with E-state index in [1.165, 1.54) is 16.8 Å². The third-order valence-electron chi connectivity index (χ3n) is 4.54. The second kappa shape index (κ2) is 8.86. The van der Waals surface area contributed by atoms with Crippen LogP contribution in [-0.4, -0.2) is 27.0 Å². The van der Waals surface area contributed by atoms with E-state index in [4.69, 9.17) is 33.3 Å². The molecule has 9 heteroatoms. The maximum atomic E-state index is 12.5. The van der Waals surface area contributed by atoms with Crippen LogP contribution in [0, 0.1) is 11.3 Å². The SMILES string of the molecule is CC(C)C1=NN2C(=N)/C(=C/c3ccc(OCc4ccc(Cl)cc4)c(Cl)c3)C(=O)N=C2S1. The maximum absolute atomic E-state index is 12.5. The largest absolute Gasteiger partial charge is 0.487 e. The van der Waals surface area contributed by atoms with Gasteiger partial charge in [0.2, 0.25) is 5.17 Å². The van der Waals surface area contributed by atoms with E-state index >= 15 is 0 Å². The van der Waals surface area contributed by atoms with E-state index in [9.17, 15) is 4.79 Å².